The second kappa shape index (κ2) is 12.1. The number of aromatic carboxylic acids is 1. The van der Waals surface area contributed by atoms with Crippen molar-refractivity contribution in [2.24, 2.45) is 0 Å². The number of nitrogens with zero attached hydrogens (tertiary/aromatic N) is 1. The van der Waals surface area contributed by atoms with Gasteiger partial charge in [-0.3, -0.25) is 4.98 Å². The smallest absolute Gasteiger partial charge is 0.335 e. The van der Waals surface area contributed by atoms with E-state index in [0.29, 0.717) is 34.6 Å². The SMILES string of the molecule is O=C(O)c1ccc2c(Oc3ccc(C[C@@H](CO)NC[C@H](O)COc4ccccc4)cc3)ccnc2c1. The number of carbonyl (C=O) groups is 1. The minimum atomic E-state index is -1.01. The number of ether oxygens (including phenoxy) is 2. The van der Waals surface area contributed by atoms with Crippen molar-refractivity contribution in [1.29, 1.82) is 0 Å². The topological polar surface area (TPSA) is 121 Å². The lowest BCUT2D eigenvalue weighted by molar-refractivity contribution is 0.0697. The largest absolute Gasteiger partial charge is 0.491 e. The van der Waals surface area contributed by atoms with Crippen LogP contribution in [0.4, 0.5) is 0 Å². The standard InChI is InChI=1S/C28H28N2O6/c31-17-21(30-16-22(32)18-35-23-4-2-1-3-5-23)14-19-6-9-24(10-7-19)36-27-12-13-29-26-15-20(28(33)34)8-11-25(26)27/h1-13,15,21-22,30-32H,14,16-18H2,(H,33,34)/t21-,22-/m0/s1. The Morgan fingerprint density at radius 1 is 0.972 bits per heavy atom. The highest BCUT2D eigenvalue weighted by atomic mass is 16.5. The number of para-hydroxylation sites is 1. The lowest BCUT2D eigenvalue weighted by Gasteiger charge is -2.19. The van der Waals surface area contributed by atoms with E-state index in [1.807, 2.05) is 54.6 Å². The highest BCUT2D eigenvalue weighted by molar-refractivity contribution is 5.94. The molecule has 0 aliphatic carbocycles. The molecular weight excluding hydrogens is 460 g/mol. The molecule has 186 valence electrons. The minimum absolute atomic E-state index is 0.0775. The average molecular weight is 489 g/mol. The third-order valence-electron chi connectivity index (χ3n) is 5.63. The first kappa shape index (κ1) is 25.1. The van der Waals surface area contributed by atoms with Gasteiger partial charge in [0.15, 0.2) is 0 Å². The molecule has 4 rings (SSSR count). The lowest BCUT2D eigenvalue weighted by atomic mass is 10.1. The Morgan fingerprint density at radius 2 is 1.75 bits per heavy atom. The van der Waals surface area contributed by atoms with Gasteiger partial charge in [-0.15, -0.1) is 0 Å². The van der Waals surface area contributed by atoms with Crippen molar-refractivity contribution in [3.63, 3.8) is 0 Å². The Balaban J connectivity index is 1.31. The van der Waals surface area contributed by atoms with Gasteiger partial charge >= 0.3 is 5.97 Å². The minimum Gasteiger partial charge on any atom is -0.491 e. The van der Waals surface area contributed by atoms with Gasteiger partial charge in [0.25, 0.3) is 0 Å². The Labute approximate surface area is 208 Å². The van der Waals surface area contributed by atoms with Gasteiger partial charge in [0.2, 0.25) is 0 Å². The number of hydrogen-bond donors (Lipinski definition) is 4. The van der Waals surface area contributed by atoms with Gasteiger partial charge in [-0.25, -0.2) is 4.79 Å². The summed E-state index contributed by atoms with van der Waals surface area (Å²) in [7, 11) is 0. The van der Waals surface area contributed by atoms with E-state index in [9.17, 15) is 20.1 Å². The van der Waals surface area contributed by atoms with Crippen molar-refractivity contribution in [3.8, 4) is 17.2 Å². The first-order valence-corrected chi connectivity index (χ1v) is 11.6. The number of carboxylic acid groups (broad SMARTS) is 1. The molecule has 1 aromatic heterocycles. The molecule has 0 aliphatic heterocycles. The van der Waals surface area contributed by atoms with Crippen LogP contribution in [0.3, 0.4) is 0 Å². The van der Waals surface area contributed by atoms with Crippen molar-refractivity contribution >= 4 is 16.9 Å². The number of fused-ring (bicyclic) bond motifs is 1. The second-order valence-electron chi connectivity index (χ2n) is 8.36. The van der Waals surface area contributed by atoms with Crippen LogP contribution in [0.15, 0.2) is 85.1 Å². The van der Waals surface area contributed by atoms with Crippen LogP contribution in [0.1, 0.15) is 15.9 Å². The quantitative estimate of drug-likeness (QED) is 0.238. The third kappa shape index (κ3) is 6.79. The predicted molar refractivity (Wildman–Crippen MR) is 136 cm³/mol. The Kier molecular flexibility index (Phi) is 8.46. The monoisotopic (exact) mass is 488 g/mol. The number of aliphatic hydroxyl groups is 2. The van der Waals surface area contributed by atoms with E-state index in [-0.39, 0.29) is 31.4 Å². The number of pyridine rings is 1. The van der Waals surface area contributed by atoms with E-state index >= 15 is 0 Å². The fraction of sp³-hybridized carbons (Fsp3) is 0.214. The molecule has 0 radical (unpaired) electrons. The summed E-state index contributed by atoms with van der Waals surface area (Å²) in [4.78, 5) is 15.5. The second-order valence-corrected chi connectivity index (χ2v) is 8.36. The molecule has 0 fully saturated rings. The van der Waals surface area contributed by atoms with Crippen LogP contribution in [0.2, 0.25) is 0 Å². The molecule has 1 heterocycles. The zero-order chi connectivity index (χ0) is 25.3. The van der Waals surface area contributed by atoms with E-state index < -0.39 is 12.1 Å². The van der Waals surface area contributed by atoms with Gasteiger partial charge in [0.05, 0.1) is 17.7 Å². The Bertz CT molecular complexity index is 1280. The summed E-state index contributed by atoms with van der Waals surface area (Å²) in [6, 6.07) is 23.0. The first-order valence-electron chi connectivity index (χ1n) is 11.6. The normalized spacial score (nSPS) is 12.7. The summed E-state index contributed by atoms with van der Waals surface area (Å²) in [5, 5.41) is 33.0. The van der Waals surface area contributed by atoms with Crippen LogP contribution in [0, 0.1) is 0 Å². The Hall–Kier alpha value is -3.98. The fourth-order valence-corrected chi connectivity index (χ4v) is 3.72. The van der Waals surface area contributed by atoms with Crippen molar-refractivity contribution in [1.82, 2.24) is 10.3 Å². The summed E-state index contributed by atoms with van der Waals surface area (Å²) >= 11 is 0. The average Bonchev–Trinajstić information content (AvgIpc) is 2.91. The molecule has 0 saturated heterocycles. The van der Waals surface area contributed by atoms with Gasteiger partial charge in [-0.1, -0.05) is 30.3 Å². The zero-order valence-electron chi connectivity index (χ0n) is 19.6. The third-order valence-corrected chi connectivity index (χ3v) is 5.63. The number of aromatic nitrogens is 1. The summed E-state index contributed by atoms with van der Waals surface area (Å²) in [6.07, 6.45) is 1.44. The molecule has 2 atom stereocenters. The number of benzene rings is 3. The summed E-state index contributed by atoms with van der Waals surface area (Å²) in [5.41, 5.74) is 1.70. The number of hydrogen-bond acceptors (Lipinski definition) is 7. The maximum absolute atomic E-state index is 11.2. The molecule has 3 aromatic carbocycles. The molecule has 0 spiro atoms. The van der Waals surface area contributed by atoms with Crippen LogP contribution in [0.5, 0.6) is 17.2 Å². The first-order chi connectivity index (χ1) is 17.5. The molecule has 36 heavy (non-hydrogen) atoms. The Morgan fingerprint density at radius 3 is 2.47 bits per heavy atom. The van der Waals surface area contributed by atoms with Crippen LogP contribution < -0.4 is 14.8 Å². The molecule has 0 saturated carbocycles. The molecule has 8 nitrogen and oxygen atoms in total. The molecule has 0 unspecified atom stereocenters. The number of rotatable bonds is 12. The number of carboxylic acids is 1. The van der Waals surface area contributed by atoms with E-state index in [0.717, 1.165) is 5.56 Å². The zero-order valence-corrected chi connectivity index (χ0v) is 19.6. The number of aliphatic hydroxyl groups excluding tert-OH is 2. The van der Waals surface area contributed by atoms with Gasteiger partial charge in [0.1, 0.15) is 30.0 Å². The van der Waals surface area contributed by atoms with E-state index in [4.69, 9.17) is 9.47 Å². The van der Waals surface area contributed by atoms with E-state index in [1.165, 1.54) is 12.1 Å². The summed E-state index contributed by atoms with van der Waals surface area (Å²) < 4.78 is 11.6. The maximum atomic E-state index is 11.2. The van der Waals surface area contributed by atoms with E-state index in [2.05, 4.69) is 10.3 Å². The fourth-order valence-electron chi connectivity index (χ4n) is 3.72. The molecule has 0 amide bonds. The highest BCUT2D eigenvalue weighted by Crippen LogP contribution is 2.29. The van der Waals surface area contributed by atoms with Gasteiger partial charge < -0.3 is 30.1 Å². The van der Waals surface area contributed by atoms with Crippen LogP contribution >= 0.6 is 0 Å². The molecular formula is C28H28N2O6. The van der Waals surface area contributed by atoms with Crippen molar-refractivity contribution < 1.29 is 29.6 Å². The van der Waals surface area contributed by atoms with E-state index in [1.54, 1.807) is 18.3 Å². The molecule has 8 heteroatoms. The van der Waals surface area contributed by atoms with Crippen LogP contribution in [0.25, 0.3) is 10.9 Å². The lowest BCUT2D eigenvalue weighted by Crippen LogP contribution is -2.41. The molecule has 4 N–H and O–H groups in total. The van der Waals surface area contributed by atoms with Gasteiger partial charge in [-0.05, 0) is 60.5 Å². The summed E-state index contributed by atoms with van der Waals surface area (Å²) in [5.74, 6) is 0.885. The highest BCUT2D eigenvalue weighted by Gasteiger charge is 2.13. The van der Waals surface area contributed by atoms with Gasteiger partial charge in [-0.2, -0.15) is 0 Å². The summed E-state index contributed by atoms with van der Waals surface area (Å²) in [6.45, 7) is 0.367. The molecule has 4 aromatic rings. The van der Waals surface area contributed by atoms with Crippen molar-refractivity contribution in [2.75, 3.05) is 19.8 Å². The maximum Gasteiger partial charge on any atom is 0.335 e. The van der Waals surface area contributed by atoms with Crippen LogP contribution in [-0.2, 0) is 6.42 Å². The molecule has 0 bridgehead atoms. The predicted octanol–water partition coefficient (Wildman–Crippen LogP) is 3.66. The van der Waals surface area contributed by atoms with Gasteiger partial charge in [0, 0.05) is 24.2 Å². The van der Waals surface area contributed by atoms with Crippen molar-refractivity contribution in [2.45, 2.75) is 18.6 Å². The number of nitrogens with one attached hydrogen (secondary N) is 1. The van der Waals surface area contributed by atoms with Crippen molar-refractivity contribution in [3.05, 3.63) is 96.2 Å². The molecule has 0 aliphatic rings. The van der Waals surface area contributed by atoms with Crippen LogP contribution in [-0.4, -0.2) is 58.2 Å².